The summed E-state index contributed by atoms with van der Waals surface area (Å²) >= 11 is 0. The van der Waals surface area contributed by atoms with Crippen LogP contribution >= 0.6 is 0 Å². The van der Waals surface area contributed by atoms with E-state index in [2.05, 4.69) is 11.8 Å². The Hall–Kier alpha value is -1.10. The predicted octanol–water partition coefficient (Wildman–Crippen LogP) is 0.396. The molecule has 9 nitrogen and oxygen atoms in total. The third-order valence-electron chi connectivity index (χ3n) is 11.3. The number of carbonyl (C=O) groups excluding carboxylic acids is 2. The van der Waals surface area contributed by atoms with Gasteiger partial charge in [-0.2, -0.15) is 0 Å². The van der Waals surface area contributed by atoms with Crippen molar-refractivity contribution in [2.45, 2.75) is 75.1 Å². The molecule has 6 fully saturated rings. The van der Waals surface area contributed by atoms with Gasteiger partial charge >= 0.3 is 5.97 Å². The number of likely N-dealkylation sites (tertiary alicyclic amines) is 1. The zero-order chi connectivity index (χ0) is 25.1. The molecule has 0 aromatic carbocycles. The Morgan fingerprint density at radius 2 is 1.94 bits per heavy atom. The van der Waals surface area contributed by atoms with Gasteiger partial charge < -0.3 is 29.2 Å². The van der Waals surface area contributed by atoms with Crippen LogP contribution in [-0.2, 0) is 28.5 Å². The number of likely N-dealkylation sites (N-methyl/N-ethyl adjacent to an activating group) is 1. The third kappa shape index (κ3) is 2.42. The van der Waals surface area contributed by atoms with Crippen LogP contribution in [0.3, 0.4) is 0 Å². The average Bonchev–Trinajstić information content (AvgIpc) is 3.17. The molecule has 1 spiro atoms. The maximum absolute atomic E-state index is 13.9. The largest absolute Gasteiger partial charge is 0.459 e. The predicted molar refractivity (Wildman–Crippen MR) is 122 cm³/mol. The number of esters is 1. The van der Waals surface area contributed by atoms with E-state index < -0.39 is 52.2 Å². The number of piperidine rings is 1. The number of carbonyl (C=O) groups is 2. The van der Waals surface area contributed by atoms with Gasteiger partial charge in [-0.05, 0) is 31.7 Å². The summed E-state index contributed by atoms with van der Waals surface area (Å²) in [6.07, 6.45) is 0.563. The van der Waals surface area contributed by atoms with Gasteiger partial charge in [0.2, 0.25) is 0 Å². The fourth-order valence-corrected chi connectivity index (χ4v) is 10.7. The fourth-order valence-electron chi connectivity index (χ4n) is 10.7. The topological polar surface area (TPSA) is 115 Å². The summed E-state index contributed by atoms with van der Waals surface area (Å²) in [5.41, 5.74) is -4.69. The molecule has 0 aromatic heterocycles. The summed E-state index contributed by atoms with van der Waals surface area (Å²) in [5, 5.41) is 25.6. The molecule has 9 heteroatoms. The highest BCUT2D eigenvalue weighted by Gasteiger charge is 2.92. The molecular weight excluding hydrogens is 454 g/mol. The van der Waals surface area contributed by atoms with Crippen LogP contribution in [0.1, 0.15) is 39.5 Å². The van der Waals surface area contributed by atoms with Crippen molar-refractivity contribution in [3.05, 3.63) is 0 Å². The van der Waals surface area contributed by atoms with Crippen LogP contribution < -0.4 is 0 Å². The van der Waals surface area contributed by atoms with Crippen molar-refractivity contribution in [3.63, 3.8) is 0 Å². The van der Waals surface area contributed by atoms with Crippen LogP contribution in [0.4, 0.5) is 0 Å². The Bertz CT molecular complexity index is 944. The van der Waals surface area contributed by atoms with E-state index in [-0.39, 0.29) is 36.1 Å². The summed E-state index contributed by atoms with van der Waals surface area (Å²) in [6.45, 7) is 5.17. The third-order valence-corrected chi connectivity index (χ3v) is 11.3. The quantitative estimate of drug-likeness (QED) is 0.507. The fraction of sp³-hybridized carbons (Fsp3) is 0.923. The van der Waals surface area contributed by atoms with E-state index in [1.54, 1.807) is 21.3 Å². The van der Waals surface area contributed by atoms with Crippen molar-refractivity contribution in [1.82, 2.24) is 4.90 Å². The molecule has 6 aliphatic rings. The molecule has 0 radical (unpaired) electrons. The summed E-state index contributed by atoms with van der Waals surface area (Å²) < 4.78 is 23.9. The van der Waals surface area contributed by atoms with Gasteiger partial charge in [-0.25, -0.2) is 0 Å². The Morgan fingerprint density at radius 1 is 1.20 bits per heavy atom. The van der Waals surface area contributed by atoms with E-state index >= 15 is 0 Å². The van der Waals surface area contributed by atoms with E-state index in [1.165, 1.54) is 6.92 Å². The van der Waals surface area contributed by atoms with E-state index in [9.17, 15) is 19.8 Å². The van der Waals surface area contributed by atoms with Crippen LogP contribution in [0.25, 0.3) is 0 Å². The lowest BCUT2D eigenvalue weighted by Gasteiger charge is -2.69. The number of nitrogens with zero attached hydrogens (tertiary/aromatic N) is 1. The second-order valence-electron chi connectivity index (χ2n) is 12.1. The lowest BCUT2D eigenvalue weighted by Crippen LogP contribution is -2.81. The van der Waals surface area contributed by atoms with Crippen molar-refractivity contribution >= 4 is 11.8 Å². The summed E-state index contributed by atoms with van der Waals surface area (Å²) in [5.74, 6) is -2.10. The molecule has 196 valence electrons. The highest BCUT2D eigenvalue weighted by molar-refractivity contribution is 5.90. The van der Waals surface area contributed by atoms with Gasteiger partial charge in [-0.3, -0.25) is 14.5 Å². The van der Waals surface area contributed by atoms with Crippen LogP contribution in [0.5, 0.6) is 0 Å². The molecule has 12 atom stereocenters. The molecule has 5 aliphatic carbocycles. The van der Waals surface area contributed by atoms with Crippen molar-refractivity contribution < 1.29 is 38.7 Å². The van der Waals surface area contributed by atoms with Crippen molar-refractivity contribution in [1.29, 1.82) is 0 Å². The Balaban J connectivity index is 1.69. The van der Waals surface area contributed by atoms with E-state index in [4.69, 9.17) is 18.9 Å². The van der Waals surface area contributed by atoms with E-state index in [0.29, 0.717) is 26.1 Å². The molecule has 1 saturated heterocycles. The minimum atomic E-state index is -1.85. The molecule has 35 heavy (non-hydrogen) atoms. The summed E-state index contributed by atoms with van der Waals surface area (Å²) in [6, 6.07) is -0.516. The van der Waals surface area contributed by atoms with Gasteiger partial charge in [0, 0.05) is 63.9 Å². The van der Waals surface area contributed by atoms with Crippen LogP contribution in [0.15, 0.2) is 0 Å². The molecule has 0 amide bonds. The average molecular weight is 494 g/mol. The maximum Gasteiger partial charge on any atom is 0.303 e. The Kier molecular flexibility index (Phi) is 5.18. The first-order valence-corrected chi connectivity index (χ1v) is 13.1. The number of ether oxygens (including phenoxy) is 4. The normalized spacial score (nSPS) is 55.8. The first kappa shape index (κ1) is 24.2. The number of fused-ring (bicyclic) bond motifs is 2. The van der Waals surface area contributed by atoms with Crippen LogP contribution in [0.2, 0.25) is 0 Å². The zero-order valence-corrected chi connectivity index (χ0v) is 21.4. The van der Waals surface area contributed by atoms with E-state index in [0.717, 1.165) is 12.8 Å². The number of ketones is 1. The molecule has 5 saturated carbocycles. The summed E-state index contributed by atoms with van der Waals surface area (Å²) in [4.78, 5) is 28.7. The second-order valence-corrected chi connectivity index (χ2v) is 12.1. The second kappa shape index (κ2) is 7.48. The number of methoxy groups -OCH3 is 3. The smallest absolute Gasteiger partial charge is 0.303 e. The molecule has 7 bridgehead atoms. The Morgan fingerprint density at radius 3 is 2.54 bits per heavy atom. The molecule has 0 unspecified atom stereocenters. The molecule has 6 rings (SSSR count). The van der Waals surface area contributed by atoms with Gasteiger partial charge in [-0.15, -0.1) is 0 Å². The highest BCUT2D eigenvalue weighted by Crippen LogP contribution is 2.80. The summed E-state index contributed by atoms with van der Waals surface area (Å²) in [7, 11) is 4.95. The van der Waals surface area contributed by atoms with Gasteiger partial charge in [-0.1, -0.05) is 6.92 Å². The minimum Gasteiger partial charge on any atom is -0.459 e. The van der Waals surface area contributed by atoms with Gasteiger partial charge in [0.25, 0.3) is 0 Å². The monoisotopic (exact) mass is 493 g/mol. The lowest BCUT2D eigenvalue weighted by molar-refractivity contribution is -0.301. The number of rotatable bonds is 6. The van der Waals surface area contributed by atoms with Gasteiger partial charge in [0.15, 0.2) is 0 Å². The number of aliphatic hydroxyl groups is 2. The first-order chi connectivity index (χ1) is 16.6. The first-order valence-electron chi connectivity index (χ1n) is 13.1. The molecule has 0 aromatic rings. The van der Waals surface area contributed by atoms with E-state index in [1.807, 2.05) is 0 Å². The van der Waals surface area contributed by atoms with Gasteiger partial charge in [0.05, 0.1) is 30.8 Å². The van der Waals surface area contributed by atoms with Crippen LogP contribution in [0, 0.1) is 34.5 Å². The van der Waals surface area contributed by atoms with Gasteiger partial charge in [0.1, 0.15) is 23.1 Å². The molecular formula is C26H39NO8. The maximum atomic E-state index is 13.9. The number of hydrogen-bond acceptors (Lipinski definition) is 9. The molecule has 1 heterocycles. The Labute approximate surface area is 206 Å². The minimum absolute atomic E-state index is 0.0320. The number of Topliss-reactive ketones (excluding diaryl/α,β-unsaturated/α-hetero) is 1. The van der Waals surface area contributed by atoms with Crippen molar-refractivity contribution in [2.24, 2.45) is 34.5 Å². The van der Waals surface area contributed by atoms with Crippen molar-refractivity contribution in [3.8, 4) is 0 Å². The number of hydrogen-bond donors (Lipinski definition) is 2. The standard InChI is InChI=1S/C26H39NO8/c1-6-27-11-23(12-32-3)8-7-17(34-5)25-15-9-14-16(33-4)10-24(30,18(15)19(14)29)26(31,22(25)27)21(20(23)25)35-13(2)28/h14-18,20-22,30-31H,6-12H2,1-5H3/t14-,15-,16+,17+,18-,20-,21+,22+,23+,24-,25+,26-/m1/s1. The van der Waals surface area contributed by atoms with Crippen molar-refractivity contribution in [2.75, 3.05) is 41.0 Å². The highest BCUT2D eigenvalue weighted by atomic mass is 16.6. The van der Waals surface area contributed by atoms with Crippen LogP contribution in [-0.4, -0.2) is 103 Å². The lowest BCUT2D eigenvalue weighted by atomic mass is 9.42. The molecule has 2 N–H and O–H groups in total. The zero-order valence-electron chi connectivity index (χ0n) is 21.4. The SMILES string of the molecule is CCN1C[C@]2(COC)CC[C@H](OC)[C@@]34[C@@H]5C[C@H]6C(=O)[C@@H]5[C@](O)(C[C@@H]6OC)[C@@](O)([C@@H](OC(C)=O)[C@H]23)[C@@H]14. The molecule has 1 aliphatic heterocycles.